The van der Waals surface area contributed by atoms with Gasteiger partial charge in [-0.3, -0.25) is 0 Å². The minimum atomic E-state index is -0.325. The van der Waals surface area contributed by atoms with Crippen LogP contribution in [-0.2, 0) is 0 Å². The molecule has 1 atom stereocenters. The third kappa shape index (κ3) is 1.49. The summed E-state index contributed by atoms with van der Waals surface area (Å²) in [6.07, 6.45) is 0.764. The van der Waals surface area contributed by atoms with Crippen molar-refractivity contribution in [1.82, 2.24) is 4.84 Å². The van der Waals surface area contributed by atoms with Gasteiger partial charge in [0.05, 0.1) is 12.6 Å². The van der Waals surface area contributed by atoms with Crippen LogP contribution in [0.1, 0.15) is 18.0 Å². The van der Waals surface area contributed by atoms with Crippen molar-refractivity contribution in [2.24, 2.45) is 0 Å². The van der Waals surface area contributed by atoms with Crippen molar-refractivity contribution in [2.45, 2.75) is 12.5 Å². The van der Waals surface area contributed by atoms with Crippen LogP contribution in [-0.4, -0.2) is 6.61 Å². The lowest BCUT2D eigenvalue weighted by Crippen LogP contribution is -2.21. The predicted molar refractivity (Wildman–Crippen MR) is 48.2 cm³/mol. The maximum Gasteiger partial charge on any atom is 0.165 e. The summed E-state index contributed by atoms with van der Waals surface area (Å²) in [7, 11) is 0. The van der Waals surface area contributed by atoms with E-state index >= 15 is 0 Å². The van der Waals surface area contributed by atoms with Gasteiger partial charge in [-0.05, 0) is 17.8 Å². The fourth-order valence-electron chi connectivity index (χ4n) is 1.50. The Morgan fingerprint density at radius 2 is 2.38 bits per heavy atom. The van der Waals surface area contributed by atoms with Gasteiger partial charge in [0, 0.05) is 12.0 Å². The first-order valence-electron chi connectivity index (χ1n) is 4.10. The molecule has 0 aromatic heterocycles. The maximum atomic E-state index is 13.2. The zero-order valence-electron chi connectivity index (χ0n) is 6.89. The Morgan fingerprint density at radius 3 is 3.15 bits per heavy atom. The highest BCUT2D eigenvalue weighted by Crippen LogP contribution is 2.33. The highest BCUT2D eigenvalue weighted by molar-refractivity contribution is 6.13. The summed E-state index contributed by atoms with van der Waals surface area (Å²) in [6, 6.07) is 4.85. The minimum Gasteiger partial charge on any atom is -0.490 e. The molecule has 70 valence electrons. The van der Waals surface area contributed by atoms with E-state index in [-0.39, 0.29) is 11.9 Å². The van der Waals surface area contributed by atoms with Crippen LogP contribution in [0.5, 0.6) is 5.75 Å². The fourth-order valence-corrected chi connectivity index (χ4v) is 1.73. The summed E-state index contributed by atoms with van der Waals surface area (Å²) in [5.41, 5.74) is 0.793. The lowest BCUT2D eigenvalue weighted by Gasteiger charge is -2.24. The number of rotatable bonds is 1. The molecule has 0 aliphatic carbocycles. The number of fused-ring (bicyclic) bond motifs is 1. The minimum absolute atomic E-state index is 0.0129. The molecule has 1 aromatic rings. The standard InChI is InChI=1S/C9H9ClFNO/c10-12-8-4-5-13-9-6(8)2-1-3-7(9)11/h1-3,8,12H,4-5H2/t8-/m1/s1. The Balaban J connectivity index is 2.45. The lowest BCUT2D eigenvalue weighted by molar-refractivity contribution is 0.251. The van der Waals surface area contributed by atoms with Crippen molar-refractivity contribution in [2.75, 3.05) is 6.61 Å². The fraction of sp³-hybridized carbons (Fsp3) is 0.333. The van der Waals surface area contributed by atoms with E-state index in [2.05, 4.69) is 4.84 Å². The van der Waals surface area contributed by atoms with Crippen LogP contribution in [0.15, 0.2) is 18.2 Å². The first-order valence-corrected chi connectivity index (χ1v) is 4.48. The van der Waals surface area contributed by atoms with Crippen LogP contribution >= 0.6 is 11.8 Å². The van der Waals surface area contributed by atoms with E-state index in [9.17, 15) is 4.39 Å². The summed E-state index contributed by atoms with van der Waals surface area (Å²) in [5, 5.41) is 0. The first kappa shape index (κ1) is 8.78. The van der Waals surface area contributed by atoms with E-state index in [0.29, 0.717) is 12.4 Å². The van der Waals surface area contributed by atoms with E-state index in [1.165, 1.54) is 6.07 Å². The molecule has 0 fully saturated rings. The molecule has 1 aliphatic heterocycles. The van der Waals surface area contributed by atoms with Crippen LogP contribution in [0, 0.1) is 5.82 Å². The van der Waals surface area contributed by atoms with Crippen LogP contribution < -0.4 is 9.57 Å². The van der Waals surface area contributed by atoms with Gasteiger partial charge in [0.2, 0.25) is 0 Å². The largest absolute Gasteiger partial charge is 0.490 e. The van der Waals surface area contributed by atoms with Crippen molar-refractivity contribution in [3.8, 4) is 5.75 Å². The van der Waals surface area contributed by atoms with Crippen molar-refractivity contribution < 1.29 is 9.13 Å². The molecule has 1 N–H and O–H groups in total. The third-order valence-corrected chi connectivity index (χ3v) is 2.42. The molecule has 4 heteroatoms. The molecule has 0 radical (unpaired) electrons. The summed E-state index contributed by atoms with van der Waals surface area (Å²) in [5.74, 6) is 0.000941. The highest BCUT2D eigenvalue weighted by atomic mass is 35.5. The van der Waals surface area contributed by atoms with E-state index < -0.39 is 0 Å². The van der Waals surface area contributed by atoms with Crippen molar-refractivity contribution >= 4 is 11.8 Å². The van der Waals surface area contributed by atoms with Crippen molar-refractivity contribution in [3.05, 3.63) is 29.6 Å². The molecular weight excluding hydrogens is 193 g/mol. The molecule has 0 amide bonds. The molecular formula is C9H9ClFNO. The average Bonchev–Trinajstić information content (AvgIpc) is 2.18. The average molecular weight is 202 g/mol. The van der Waals surface area contributed by atoms with E-state index in [1.807, 2.05) is 6.07 Å². The number of hydrogen-bond acceptors (Lipinski definition) is 2. The Kier molecular flexibility index (Phi) is 2.38. The molecule has 2 rings (SSSR count). The Labute approximate surface area is 80.8 Å². The van der Waals surface area contributed by atoms with Crippen LogP contribution in [0.4, 0.5) is 4.39 Å². The summed E-state index contributed by atoms with van der Waals surface area (Å²) in [6.45, 7) is 0.498. The quantitative estimate of drug-likeness (QED) is 0.705. The molecule has 13 heavy (non-hydrogen) atoms. The van der Waals surface area contributed by atoms with Gasteiger partial charge in [-0.15, -0.1) is 0 Å². The van der Waals surface area contributed by atoms with Gasteiger partial charge in [-0.1, -0.05) is 12.1 Å². The third-order valence-electron chi connectivity index (χ3n) is 2.16. The van der Waals surface area contributed by atoms with Crippen LogP contribution in [0.2, 0.25) is 0 Å². The van der Waals surface area contributed by atoms with Crippen LogP contribution in [0.3, 0.4) is 0 Å². The number of benzene rings is 1. The summed E-state index contributed by atoms with van der Waals surface area (Å²) < 4.78 is 18.4. The van der Waals surface area contributed by atoms with Crippen LogP contribution in [0.25, 0.3) is 0 Å². The number of para-hydroxylation sites is 1. The smallest absolute Gasteiger partial charge is 0.165 e. The van der Waals surface area contributed by atoms with Crippen molar-refractivity contribution in [3.63, 3.8) is 0 Å². The first-order chi connectivity index (χ1) is 6.33. The second-order valence-corrected chi connectivity index (χ2v) is 3.18. The zero-order valence-corrected chi connectivity index (χ0v) is 7.64. The summed E-state index contributed by atoms with van der Waals surface area (Å²) >= 11 is 5.53. The van der Waals surface area contributed by atoms with E-state index in [4.69, 9.17) is 16.5 Å². The molecule has 1 heterocycles. The Bertz CT molecular complexity index is 318. The van der Waals surface area contributed by atoms with E-state index in [0.717, 1.165) is 12.0 Å². The number of hydrogen-bond donors (Lipinski definition) is 1. The van der Waals surface area contributed by atoms with E-state index in [1.54, 1.807) is 6.07 Å². The van der Waals surface area contributed by atoms with Gasteiger partial charge in [-0.2, -0.15) is 0 Å². The molecule has 1 aliphatic rings. The molecule has 0 bridgehead atoms. The number of ether oxygens (including phenoxy) is 1. The second kappa shape index (κ2) is 3.52. The number of halogens is 2. The van der Waals surface area contributed by atoms with Gasteiger partial charge in [0.25, 0.3) is 0 Å². The normalized spacial score (nSPS) is 20.6. The number of nitrogens with one attached hydrogen (secondary N) is 1. The van der Waals surface area contributed by atoms with Gasteiger partial charge in [0.1, 0.15) is 0 Å². The summed E-state index contributed by atoms with van der Waals surface area (Å²) in [4.78, 5) is 2.61. The molecule has 0 unspecified atom stereocenters. The Morgan fingerprint density at radius 1 is 1.54 bits per heavy atom. The predicted octanol–water partition coefficient (Wildman–Crippen LogP) is 2.39. The second-order valence-electron chi connectivity index (χ2n) is 2.96. The zero-order chi connectivity index (χ0) is 9.26. The molecule has 0 saturated heterocycles. The molecule has 0 spiro atoms. The SMILES string of the molecule is Fc1cccc2c1OCC[C@H]2NCl. The lowest BCUT2D eigenvalue weighted by atomic mass is 10.0. The van der Waals surface area contributed by atoms with Gasteiger partial charge in [0.15, 0.2) is 11.6 Å². The van der Waals surface area contributed by atoms with Gasteiger partial charge < -0.3 is 4.74 Å². The van der Waals surface area contributed by atoms with Crippen molar-refractivity contribution in [1.29, 1.82) is 0 Å². The van der Waals surface area contributed by atoms with Gasteiger partial charge in [-0.25, -0.2) is 9.23 Å². The molecule has 0 saturated carbocycles. The van der Waals surface area contributed by atoms with Gasteiger partial charge >= 0.3 is 0 Å². The monoisotopic (exact) mass is 201 g/mol. The molecule has 2 nitrogen and oxygen atoms in total. The topological polar surface area (TPSA) is 21.3 Å². The Hall–Kier alpha value is -0.800. The molecule has 1 aromatic carbocycles. The highest BCUT2D eigenvalue weighted by Gasteiger charge is 2.22. The maximum absolute atomic E-state index is 13.2.